The molecule has 1 aromatic carbocycles. The fraction of sp³-hybridized carbons (Fsp3) is 0.533. The molecule has 1 aromatic rings. The number of hydrogen-bond donors (Lipinski definition) is 3. The highest BCUT2D eigenvalue weighted by Crippen LogP contribution is 2.30. The second-order valence-corrected chi connectivity index (χ2v) is 5.44. The van der Waals surface area contributed by atoms with Gasteiger partial charge in [-0.15, -0.1) is 0 Å². The van der Waals surface area contributed by atoms with Gasteiger partial charge in [0.2, 0.25) is 0 Å². The zero-order valence-corrected chi connectivity index (χ0v) is 11.3. The van der Waals surface area contributed by atoms with E-state index in [0.717, 1.165) is 30.6 Å². The van der Waals surface area contributed by atoms with E-state index in [1.54, 1.807) is 0 Å². The first-order valence-electron chi connectivity index (χ1n) is 7.16. The largest absolute Gasteiger partial charge is 0.390 e. The lowest BCUT2D eigenvalue weighted by atomic mass is 10.1. The Balaban J connectivity index is 1.55. The van der Waals surface area contributed by atoms with Crippen LogP contribution in [0.1, 0.15) is 30.0 Å². The minimum absolute atomic E-state index is 0.126. The Morgan fingerprint density at radius 2 is 2.25 bits per heavy atom. The van der Waals surface area contributed by atoms with Crippen LogP contribution in [0.4, 0.5) is 4.79 Å². The van der Waals surface area contributed by atoms with Gasteiger partial charge in [0.1, 0.15) is 0 Å². The van der Waals surface area contributed by atoms with E-state index in [0.29, 0.717) is 13.0 Å². The molecule has 0 saturated carbocycles. The number of nitrogens with one attached hydrogen (secondary N) is 2. The van der Waals surface area contributed by atoms with Gasteiger partial charge in [0.15, 0.2) is 0 Å². The van der Waals surface area contributed by atoms with E-state index in [-0.39, 0.29) is 18.2 Å². The first kappa shape index (κ1) is 13.4. The molecule has 0 radical (unpaired) electrons. The highest BCUT2D eigenvalue weighted by Gasteiger charge is 2.31. The van der Waals surface area contributed by atoms with Crippen molar-refractivity contribution in [3.05, 3.63) is 35.4 Å². The number of benzene rings is 1. The summed E-state index contributed by atoms with van der Waals surface area (Å²) in [6.07, 6.45) is 2.22. The first-order chi connectivity index (χ1) is 9.74. The van der Waals surface area contributed by atoms with Crippen LogP contribution in [0, 0.1) is 0 Å². The molecular formula is C15H20N2O3. The van der Waals surface area contributed by atoms with Crippen LogP contribution in [0.3, 0.4) is 0 Å². The Morgan fingerprint density at radius 1 is 1.40 bits per heavy atom. The molecule has 3 atom stereocenters. The smallest absolute Gasteiger partial charge is 0.315 e. The standard InChI is InChI=1S/C15H20N2O3/c18-13-8-10-4-1-2-6-12(10)14(13)17-15(19)16-9-11-5-3-7-20-11/h1-2,4,6,11,13-14,18H,3,5,7-9H2,(H2,16,17,19). The summed E-state index contributed by atoms with van der Waals surface area (Å²) in [6.45, 7) is 1.30. The number of ether oxygens (including phenoxy) is 1. The Hall–Kier alpha value is -1.59. The van der Waals surface area contributed by atoms with Crippen molar-refractivity contribution in [2.45, 2.75) is 37.5 Å². The van der Waals surface area contributed by atoms with Gasteiger partial charge in [0, 0.05) is 19.6 Å². The van der Waals surface area contributed by atoms with Crippen molar-refractivity contribution in [2.75, 3.05) is 13.2 Å². The molecule has 0 aromatic heterocycles. The molecule has 1 heterocycles. The van der Waals surface area contributed by atoms with Crippen molar-refractivity contribution >= 4 is 6.03 Å². The number of urea groups is 1. The summed E-state index contributed by atoms with van der Waals surface area (Å²) in [5, 5.41) is 15.7. The van der Waals surface area contributed by atoms with Gasteiger partial charge in [0.05, 0.1) is 18.2 Å². The predicted molar refractivity (Wildman–Crippen MR) is 74.4 cm³/mol. The molecule has 1 aliphatic heterocycles. The summed E-state index contributed by atoms with van der Waals surface area (Å²) in [4.78, 5) is 11.9. The Bertz CT molecular complexity index is 486. The molecular weight excluding hydrogens is 256 g/mol. The quantitative estimate of drug-likeness (QED) is 0.775. The zero-order valence-electron chi connectivity index (χ0n) is 11.3. The summed E-state index contributed by atoms with van der Waals surface area (Å²) in [5.74, 6) is 0. The maximum Gasteiger partial charge on any atom is 0.315 e. The van der Waals surface area contributed by atoms with Crippen LogP contribution < -0.4 is 10.6 Å². The second kappa shape index (κ2) is 5.81. The van der Waals surface area contributed by atoms with Crippen molar-refractivity contribution in [1.29, 1.82) is 0 Å². The lowest BCUT2D eigenvalue weighted by molar-refractivity contribution is 0.110. The average Bonchev–Trinajstić information content (AvgIpc) is 3.06. The lowest BCUT2D eigenvalue weighted by Crippen LogP contribution is -2.43. The summed E-state index contributed by atoms with van der Waals surface area (Å²) in [7, 11) is 0. The second-order valence-electron chi connectivity index (χ2n) is 5.44. The number of fused-ring (bicyclic) bond motifs is 1. The van der Waals surface area contributed by atoms with Crippen LogP contribution in [0.15, 0.2) is 24.3 Å². The van der Waals surface area contributed by atoms with Crippen LogP contribution in [0.5, 0.6) is 0 Å². The molecule has 2 amide bonds. The van der Waals surface area contributed by atoms with Crippen molar-refractivity contribution < 1.29 is 14.6 Å². The van der Waals surface area contributed by atoms with Gasteiger partial charge in [0.25, 0.3) is 0 Å². The Kier molecular flexibility index (Phi) is 3.89. The summed E-state index contributed by atoms with van der Waals surface area (Å²) >= 11 is 0. The number of aliphatic hydroxyl groups excluding tert-OH is 1. The highest BCUT2D eigenvalue weighted by molar-refractivity contribution is 5.74. The third-order valence-electron chi connectivity index (χ3n) is 4.00. The van der Waals surface area contributed by atoms with Gasteiger partial charge >= 0.3 is 6.03 Å². The van der Waals surface area contributed by atoms with Crippen LogP contribution >= 0.6 is 0 Å². The summed E-state index contributed by atoms with van der Waals surface area (Å²) in [6, 6.07) is 7.25. The molecule has 20 heavy (non-hydrogen) atoms. The number of hydrogen-bond acceptors (Lipinski definition) is 3. The zero-order chi connectivity index (χ0) is 13.9. The molecule has 3 unspecified atom stereocenters. The minimum atomic E-state index is -0.555. The van der Waals surface area contributed by atoms with E-state index in [1.165, 1.54) is 0 Å². The van der Waals surface area contributed by atoms with Gasteiger partial charge in [-0.05, 0) is 24.0 Å². The summed E-state index contributed by atoms with van der Waals surface area (Å²) < 4.78 is 5.46. The molecule has 5 heteroatoms. The number of amides is 2. The normalized spacial score (nSPS) is 28.1. The molecule has 1 fully saturated rings. The predicted octanol–water partition coefficient (Wildman–Crippen LogP) is 1.12. The average molecular weight is 276 g/mol. The van der Waals surface area contributed by atoms with E-state index in [2.05, 4.69) is 10.6 Å². The van der Waals surface area contributed by atoms with Crippen molar-refractivity contribution in [3.8, 4) is 0 Å². The SMILES string of the molecule is O=C(NCC1CCCO1)NC1c2ccccc2CC1O. The van der Waals surface area contributed by atoms with Gasteiger partial charge in [-0.25, -0.2) is 4.79 Å². The van der Waals surface area contributed by atoms with E-state index in [4.69, 9.17) is 4.74 Å². The van der Waals surface area contributed by atoms with Gasteiger partial charge in [-0.3, -0.25) is 0 Å². The van der Waals surface area contributed by atoms with E-state index >= 15 is 0 Å². The monoisotopic (exact) mass is 276 g/mol. The molecule has 1 aliphatic carbocycles. The van der Waals surface area contributed by atoms with E-state index in [1.807, 2.05) is 24.3 Å². The third kappa shape index (κ3) is 2.78. The minimum Gasteiger partial charge on any atom is -0.390 e. The third-order valence-corrected chi connectivity index (χ3v) is 4.00. The molecule has 1 saturated heterocycles. The molecule has 2 aliphatic rings. The molecule has 108 valence electrons. The van der Waals surface area contributed by atoms with Crippen molar-refractivity contribution in [1.82, 2.24) is 10.6 Å². The first-order valence-corrected chi connectivity index (χ1v) is 7.16. The highest BCUT2D eigenvalue weighted by atomic mass is 16.5. The molecule has 3 N–H and O–H groups in total. The van der Waals surface area contributed by atoms with Crippen molar-refractivity contribution in [3.63, 3.8) is 0 Å². The van der Waals surface area contributed by atoms with Crippen LogP contribution in [0.2, 0.25) is 0 Å². The number of aliphatic hydroxyl groups is 1. The molecule has 3 rings (SSSR count). The Labute approximate surface area is 118 Å². The lowest BCUT2D eigenvalue weighted by Gasteiger charge is -2.19. The topological polar surface area (TPSA) is 70.6 Å². The van der Waals surface area contributed by atoms with Crippen LogP contribution in [-0.2, 0) is 11.2 Å². The van der Waals surface area contributed by atoms with E-state index in [9.17, 15) is 9.90 Å². The maximum absolute atomic E-state index is 11.9. The van der Waals surface area contributed by atoms with Gasteiger partial charge in [-0.2, -0.15) is 0 Å². The maximum atomic E-state index is 11.9. The number of carbonyl (C=O) groups excluding carboxylic acids is 1. The molecule has 0 bridgehead atoms. The van der Waals surface area contributed by atoms with Crippen LogP contribution in [-0.4, -0.2) is 36.5 Å². The van der Waals surface area contributed by atoms with Gasteiger partial charge < -0.3 is 20.5 Å². The fourth-order valence-corrected chi connectivity index (χ4v) is 2.95. The van der Waals surface area contributed by atoms with Crippen LogP contribution in [0.25, 0.3) is 0 Å². The number of rotatable bonds is 3. The number of carbonyl (C=O) groups is 1. The fourth-order valence-electron chi connectivity index (χ4n) is 2.95. The Morgan fingerprint density at radius 3 is 3.05 bits per heavy atom. The molecule has 0 spiro atoms. The molecule has 5 nitrogen and oxygen atoms in total. The van der Waals surface area contributed by atoms with Gasteiger partial charge in [-0.1, -0.05) is 24.3 Å². The summed E-state index contributed by atoms with van der Waals surface area (Å²) in [5.41, 5.74) is 2.11. The van der Waals surface area contributed by atoms with Crippen molar-refractivity contribution in [2.24, 2.45) is 0 Å². The van der Waals surface area contributed by atoms with E-state index < -0.39 is 6.10 Å².